The average Bonchev–Trinajstić information content (AvgIpc) is 3.01. The minimum Gasteiger partial charge on any atom is -0.364 e. The topological polar surface area (TPSA) is 46.3 Å². The van der Waals surface area contributed by atoms with Crippen LogP contribution >= 0.6 is 0 Å². The summed E-state index contributed by atoms with van der Waals surface area (Å²) in [4.78, 5) is 14.0. The highest BCUT2D eigenvalue weighted by molar-refractivity contribution is 5.92. The lowest BCUT2D eigenvalue weighted by Crippen LogP contribution is -2.42. The van der Waals surface area contributed by atoms with Crippen LogP contribution in [0.3, 0.4) is 0 Å². The Balaban J connectivity index is 1.63. The summed E-state index contributed by atoms with van der Waals surface area (Å²) in [6.45, 7) is 1.76. The van der Waals surface area contributed by atoms with E-state index in [2.05, 4.69) is 5.16 Å². The molecule has 1 saturated heterocycles. The van der Waals surface area contributed by atoms with Gasteiger partial charge in [-0.25, -0.2) is 0 Å². The fraction of sp³-hybridized carbons (Fsp3) is 0.692. The normalized spacial score (nSPS) is 23.2. The third-order valence-electron chi connectivity index (χ3n) is 4.43. The molecule has 0 atom stereocenters. The van der Waals surface area contributed by atoms with Gasteiger partial charge in [0.15, 0.2) is 5.69 Å². The van der Waals surface area contributed by atoms with Gasteiger partial charge in [0, 0.05) is 19.2 Å². The maximum absolute atomic E-state index is 12.1. The van der Waals surface area contributed by atoms with Crippen molar-refractivity contribution in [3.8, 4) is 0 Å². The van der Waals surface area contributed by atoms with Gasteiger partial charge in [-0.2, -0.15) is 0 Å². The van der Waals surface area contributed by atoms with Gasteiger partial charge in [-0.3, -0.25) is 4.79 Å². The van der Waals surface area contributed by atoms with E-state index in [0.717, 1.165) is 25.9 Å². The monoisotopic (exact) mass is 234 g/mol. The second kappa shape index (κ2) is 4.17. The van der Waals surface area contributed by atoms with E-state index in [-0.39, 0.29) is 5.91 Å². The Morgan fingerprint density at radius 1 is 1.24 bits per heavy atom. The summed E-state index contributed by atoms with van der Waals surface area (Å²) in [7, 11) is 0. The molecule has 3 rings (SSSR count). The zero-order valence-electron chi connectivity index (χ0n) is 10.0. The van der Waals surface area contributed by atoms with Crippen molar-refractivity contribution < 1.29 is 9.32 Å². The number of likely N-dealkylation sites (tertiary alicyclic amines) is 1. The van der Waals surface area contributed by atoms with Gasteiger partial charge in [-0.05, 0) is 31.1 Å². The zero-order chi connectivity index (χ0) is 11.7. The van der Waals surface area contributed by atoms with Crippen LogP contribution in [0.15, 0.2) is 16.9 Å². The Kier molecular flexibility index (Phi) is 2.65. The number of hydrogen-bond acceptors (Lipinski definition) is 3. The molecule has 92 valence electrons. The molecule has 1 aromatic heterocycles. The van der Waals surface area contributed by atoms with Gasteiger partial charge in [0.1, 0.15) is 6.26 Å². The Labute approximate surface area is 101 Å². The summed E-state index contributed by atoms with van der Waals surface area (Å²) >= 11 is 0. The van der Waals surface area contributed by atoms with E-state index in [1.165, 1.54) is 31.9 Å². The lowest BCUT2D eigenvalue weighted by atomic mass is 9.77. The number of carbonyl (C=O) groups excluding carboxylic acids is 1. The highest BCUT2D eigenvalue weighted by atomic mass is 16.5. The lowest BCUT2D eigenvalue weighted by Gasteiger charge is -2.39. The van der Waals surface area contributed by atoms with E-state index < -0.39 is 0 Å². The Bertz CT molecular complexity index is 384. The first-order valence-corrected chi connectivity index (χ1v) is 6.49. The molecular formula is C13H18N2O2. The molecule has 0 unspecified atom stereocenters. The van der Waals surface area contributed by atoms with Crippen LogP contribution in [-0.2, 0) is 0 Å². The fourth-order valence-electron chi connectivity index (χ4n) is 3.29. The number of rotatable bonds is 1. The van der Waals surface area contributed by atoms with Crippen LogP contribution in [0.1, 0.15) is 49.0 Å². The van der Waals surface area contributed by atoms with Crippen molar-refractivity contribution in [2.75, 3.05) is 13.1 Å². The van der Waals surface area contributed by atoms with E-state index in [1.807, 2.05) is 4.90 Å². The molecule has 1 saturated carbocycles. The summed E-state index contributed by atoms with van der Waals surface area (Å²) < 4.78 is 4.72. The van der Waals surface area contributed by atoms with Crippen molar-refractivity contribution in [2.45, 2.75) is 38.5 Å². The third kappa shape index (κ3) is 1.96. The number of nitrogens with zero attached hydrogens (tertiary/aromatic N) is 2. The summed E-state index contributed by atoms with van der Waals surface area (Å²) in [5.41, 5.74) is 0.994. The molecule has 1 aromatic rings. The third-order valence-corrected chi connectivity index (χ3v) is 4.43. The highest BCUT2D eigenvalue weighted by Gasteiger charge is 2.38. The summed E-state index contributed by atoms with van der Waals surface area (Å²) in [6.07, 6.45) is 9.25. The molecule has 1 spiro atoms. The van der Waals surface area contributed by atoms with E-state index in [9.17, 15) is 4.79 Å². The highest BCUT2D eigenvalue weighted by Crippen LogP contribution is 2.46. The standard InChI is InChI=1S/C13H18N2O2/c16-12(11-3-10-17-14-11)15-8-6-13(7-9-15)4-1-2-5-13/h3,10H,1-2,4-9H2. The van der Waals surface area contributed by atoms with Crippen molar-refractivity contribution in [1.29, 1.82) is 0 Å². The van der Waals surface area contributed by atoms with Gasteiger partial charge in [-0.15, -0.1) is 0 Å². The lowest BCUT2D eigenvalue weighted by molar-refractivity contribution is 0.0578. The van der Waals surface area contributed by atoms with Crippen molar-refractivity contribution in [3.63, 3.8) is 0 Å². The Hall–Kier alpha value is -1.32. The molecule has 0 N–H and O–H groups in total. The molecule has 0 radical (unpaired) electrons. The average molecular weight is 234 g/mol. The van der Waals surface area contributed by atoms with E-state index in [0.29, 0.717) is 11.1 Å². The smallest absolute Gasteiger partial charge is 0.276 e. The molecule has 1 aliphatic heterocycles. The molecular weight excluding hydrogens is 216 g/mol. The van der Waals surface area contributed by atoms with Gasteiger partial charge >= 0.3 is 0 Å². The zero-order valence-corrected chi connectivity index (χ0v) is 10.0. The Morgan fingerprint density at radius 2 is 1.94 bits per heavy atom. The minimum absolute atomic E-state index is 0.0200. The number of amides is 1. The first-order valence-electron chi connectivity index (χ1n) is 6.49. The molecule has 2 fully saturated rings. The SMILES string of the molecule is O=C(c1ccon1)N1CCC2(CCCC2)CC1. The van der Waals surface area contributed by atoms with Crippen LogP contribution in [0.25, 0.3) is 0 Å². The van der Waals surface area contributed by atoms with E-state index in [1.54, 1.807) is 6.07 Å². The van der Waals surface area contributed by atoms with Gasteiger partial charge in [0.25, 0.3) is 5.91 Å². The van der Waals surface area contributed by atoms with E-state index >= 15 is 0 Å². The molecule has 2 aliphatic rings. The van der Waals surface area contributed by atoms with Gasteiger partial charge in [0.2, 0.25) is 0 Å². The minimum atomic E-state index is 0.0200. The number of piperidine rings is 1. The van der Waals surface area contributed by atoms with Crippen LogP contribution < -0.4 is 0 Å². The maximum atomic E-state index is 12.1. The number of aromatic nitrogens is 1. The largest absolute Gasteiger partial charge is 0.364 e. The maximum Gasteiger partial charge on any atom is 0.276 e. The molecule has 17 heavy (non-hydrogen) atoms. The summed E-state index contributed by atoms with van der Waals surface area (Å²) in [5, 5.41) is 3.71. The van der Waals surface area contributed by atoms with Crippen molar-refractivity contribution in [2.24, 2.45) is 5.41 Å². The van der Waals surface area contributed by atoms with Crippen molar-refractivity contribution in [3.05, 3.63) is 18.0 Å². The molecule has 4 nitrogen and oxygen atoms in total. The fourth-order valence-corrected chi connectivity index (χ4v) is 3.29. The van der Waals surface area contributed by atoms with Gasteiger partial charge < -0.3 is 9.42 Å². The predicted octanol–water partition coefficient (Wildman–Crippen LogP) is 2.47. The van der Waals surface area contributed by atoms with Crippen LogP contribution in [-0.4, -0.2) is 29.1 Å². The summed E-state index contributed by atoms with van der Waals surface area (Å²) in [6, 6.07) is 1.64. The van der Waals surface area contributed by atoms with Crippen molar-refractivity contribution >= 4 is 5.91 Å². The van der Waals surface area contributed by atoms with Gasteiger partial charge in [0.05, 0.1) is 0 Å². The molecule has 0 bridgehead atoms. The Morgan fingerprint density at radius 3 is 2.53 bits per heavy atom. The number of carbonyl (C=O) groups is 1. The second-order valence-corrected chi connectivity index (χ2v) is 5.38. The first-order chi connectivity index (χ1) is 8.29. The molecule has 2 heterocycles. The summed E-state index contributed by atoms with van der Waals surface area (Å²) in [5.74, 6) is 0.0200. The van der Waals surface area contributed by atoms with Crippen LogP contribution in [0, 0.1) is 5.41 Å². The quantitative estimate of drug-likeness (QED) is 0.750. The van der Waals surface area contributed by atoms with Crippen LogP contribution in [0.2, 0.25) is 0 Å². The molecule has 4 heteroatoms. The molecule has 1 aliphatic carbocycles. The number of hydrogen-bond donors (Lipinski definition) is 0. The first kappa shape index (κ1) is 10.8. The molecule has 1 amide bonds. The van der Waals surface area contributed by atoms with Crippen molar-refractivity contribution in [1.82, 2.24) is 10.1 Å². The van der Waals surface area contributed by atoms with Crippen LogP contribution in [0.5, 0.6) is 0 Å². The van der Waals surface area contributed by atoms with Gasteiger partial charge in [-0.1, -0.05) is 18.0 Å². The molecule has 0 aromatic carbocycles. The van der Waals surface area contributed by atoms with Crippen LogP contribution in [0.4, 0.5) is 0 Å². The second-order valence-electron chi connectivity index (χ2n) is 5.38. The van der Waals surface area contributed by atoms with E-state index in [4.69, 9.17) is 4.52 Å². The predicted molar refractivity (Wildman–Crippen MR) is 62.5 cm³/mol.